The van der Waals surface area contributed by atoms with Crippen LogP contribution in [0, 0.1) is 0 Å². The lowest BCUT2D eigenvalue weighted by Crippen LogP contribution is -2.26. The molecule has 3 aromatic rings. The fraction of sp³-hybridized carbons (Fsp3) is 0.176. The van der Waals surface area contributed by atoms with Crippen LogP contribution in [0.2, 0.25) is 10.0 Å². The SMILES string of the molecule is O=C(Nc1nc(-c2ccco2)cs1)c1cc(S(=O)(=O)NC2CC2)c(Cl)cc1Cl. The molecule has 0 radical (unpaired) electrons. The van der Waals surface area contributed by atoms with E-state index in [4.69, 9.17) is 27.6 Å². The van der Waals surface area contributed by atoms with Crippen molar-refractivity contribution in [2.75, 3.05) is 5.32 Å². The number of sulfonamides is 1. The molecule has 4 rings (SSSR count). The molecular formula is C17H13Cl2N3O4S2. The van der Waals surface area contributed by atoms with Crippen LogP contribution in [0.3, 0.4) is 0 Å². The number of benzene rings is 1. The molecule has 28 heavy (non-hydrogen) atoms. The normalized spacial score (nSPS) is 14.2. The van der Waals surface area contributed by atoms with Gasteiger partial charge in [0.05, 0.1) is 21.9 Å². The van der Waals surface area contributed by atoms with Gasteiger partial charge in [-0.25, -0.2) is 18.1 Å². The van der Waals surface area contributed by atoms with Crippen molar-refractivity contribution in [3.05, 3.63) is 51.5 Å². The van der Waals surface area contributed by atoms with Crippen molar-refractivity contribution in [1.29, 1.82) is 0 Å². The molecule has 0 aliphatic heterocycles. The van der Waals surface area contributed by atoms with Gasteiger partial charge in [0.15, 0.2) is 10.9 Å². The van der Waals surface area contributed by atoms with E-state index in [1.807, 2.05) is 0 Å². The van der Waals surface area contributed by atoms with E-state index >= 15 is 0 Å². The summed E-state index contributed by atoms with van der Waals surface area (Å²) >= 11 is 13.4. The van der Waals surface area contributed by atoms with Crippen LogP contribution in [0.5, 0.6) is 0 Å². The van der Waals surface area contributed by atoms with Gasteiger partial charge in [0.2, 0.25) is 10.0 Å². The average Bonchev–Trinajstić information content (AvgIpc) is 3.10. The van der Waals surface area contributed by atoms with Gasteiger partial charge in [-0.2, -0.15) is 0 Å². The number of carbonyl (C=O) groups is 1. The summed E-state index contributed by atoms with van der Waals surface area (Å²) in [6.45, 7) is 0. The summed E-state index contributed by atoms with van der Waals surface area (Å²) in [5, 5.41) is 4.65. The van der Waals surface area contributed by atoms with Gasteiger partial charge in [-0.15, -0.1) is 11.3 Å². The zero-order valence-electron chi connectivity index (χ0n) is 14.1. The van der Waals surface area contributed by atoms with Crippen molar-refractivity contribution < 1.29 is 17.6 Å². The first-order valence-electron chi connectivity index (χ1n) is 8.15. The smallest absolute Gasteiger partial charge is 0.259 e. The maximum absolute atomic E-state index is 12.6. The number of nitrogens with one attached hydrogen (secondary N) is 2. The number of hydrogen-bond acceptors (Lipinski definition) is 6. The summed E-state index contributed by atoms with van der Waals surface area (Å²) in [4.78, 5) is 16.7. The summed E-state index contributed by atoms with van der Waals surface area (Å²) < 4.78 is 32.8. The lowest BCUT2D eigenvalue weighted by Gasteiger charge is -2.11. The molecule has 0 bridgehead atoms. The van der Waals surface area contributed by atoms with Crippen LogP contribution >= 0.6 is 34.5 Å². The number of furan rings is 1. The molecule has 0 spiro atoms. The van der Waals surface area contributed by atoms with E-state index in [0.717, 1.165) is 12.8 Å². The summed E-state index contributed by atoms with van der Waals surface area (Å²) in [6, 6.07) is 5.81. The quantitative estimate of drug-likeness (QED) is 0.570. The van der Waals surface area contributed by atoms with Gasteiger partial charge in [-0.3, -0.25) is 10.1 Å². The molecular weight excluding hydrogens is 445 g/mol. The highest BCUT2D eigenvalue weighted by molar-refractivity contribution is 7.89. The van der Waals surface area contributed by atoms with Gasteiger partial charge < -0.3 is 4.42 Å². The number of aromatic nitrogens is 1. The lowest BCUT2D eigenvalue weighted by molar-refractivity contribution is 0.102. The average molecular weight is 458 g/mol. The second-order valence-corrected chi connectivity index (χ2v) is 9.48. The van der Waals surface area contributed by atoms with Crippen LogP contribution in [-0.4, -0.2) is 25.4 Å². The van der Waals surface area contributed by atoms with E-state index in [9.17, 15) is 13.2 Å². The molecule has 146 valence electrons. The second-order valence-electron chi connectivity index (χ2n) is 6.13. The Bertz CT molecular complexity index is 1140. The Morgan fingerprint density at radius 3 is 2.71 bits per heavy atom. The number of rotatable bonds is 6. The van der Waals surface area contributed by atoms with Crippen LogP contribution in [0.25, 0.3) is 11.5 Å². The Hall–Kier alpha value is -1.91. The molecule has 1 aliphatic rings. The number of nitrogens with zero attached hydrogens (tertiary/aromatic N) is 1. The van der Waals surface area contributed by atoms with Gasteiger partial charge in [0.25, 0.3) is 5.91 Å². The molecule has 1 amide bonds. The Balaban J connectivity index is 1.59. The maximum Gasteiger partial charge on any atom is 0.259 e. The fourth-order valence-corrected chi connectivity index (χ4v) is 5.28. The van der Waals surface area contributed by atoms with Crippen molar-refractivity contribution in [3.8, 4) is 11.5 Å². The van der Waals surface area contributed by atoms with Crippen LogP contribution < -0.4 is 10.0 Å². The minimum absolute atomic E-state index is 0.0167. The predicted octanol–water partition coefficient (Wildman–Crippen LogP) is 4.40. The number of halogens is 2. The number of hydrogen-bond donors (Lipinski definition) is 2. The standard InChI is InChI=1S/C17H13Cl2N3O4S2/c18-11-7-12(19)15(28(24,25)22-9-3-4-9)6-10(11)16(23)21-17-20-13(8-27-17)14-2-1-5-26-14/h1-2,5-9,22H,3-4H2,(H,20,21,23). The second kappa shape index (κ2) is 7.49. The van der Waals surface area contributed by atoms with Crippen molar-refractivity contribution in [2.24, 2.45) is 0 Å². The molecule has 2 aromatic heterocycles. The Morgan fingerprint density at radius 2 is 2.04 bits per heavy atom. The van der Waals surface area contributed by atoms with Crippen molar-refractivity contribution >= 4 is 55.6 Å². The molecule has 11 heteroatoms. The van der Waals surface area contributed by atoms with Gasteiger partial charge in [-0.1, -0.05) is 23.2 Å². The zero-order chi connectivity index (χ0) is 19.9. The first-order valence-corrected chi connectivity index (χ1v) is 11.3. The zero-order valence-corrected chi connectivity index (χ0v) is 17.3. The molecule has 0 unspecified atom stereocenters. The number of carbonyl (C=O) groups excluding carboxylic acids is 1. The summed E-state index contributed by atoms with van der Waals surface area (Å²) in [5.74, 6) is -0.0225. The molecule has 1 aromatic carbocycles. The minimum atomic E-state index is -3.84. The fourth-order valence-electron chi connectivity index (χ4n) is 2.43. The maximum atomic E-state index is 12.6. The highest BCUT2D eigenvalue weighted by Gasteiger charge is 2.30. The third-order valence-electron chi connectivity index (χ3n) is 3.95. The molecule has 1 fully saturated rings. The number of amides is 1. The topological polar surface area (TPSA) is 101 Å². The van der Waals surface area contributed by atoms with E-state index in [2.05, 4.69) is 15.0 Å². The first kappa shape index (κ1) is 19.4. The Kier molecular flexibility index (Phi) is 5.19. The minimum Gasteiger partial charge on any atom is -0.463 e. The molecule has 1 saturated carbocycles. The lowest BCUT2D eigenvalue weighted by atomic mass is 10.2. The van der Waals surface area contributed by atoms with Gasteiger partial charge in [-0.05, 0) is 37.1 Å². The molecule has 2 heterocycles. The van der Waals surface area contributed by atoms with Gasteiger partial charge in [0.1, 0.15) is 10.6 Å². The van der Waals surface area contributed by atoms with Crippen molar-refractivity contribution in [1.82, 2.24) is 9.71 Å². The van der Waals surface area contributed by atoms with Crippen molar-refractivity contribution in [3.63, 3.8) is 0 Å². The Morgan fingerprint density at radius 1 is 1.25 bits per heavy atom. The van der Waals surface area contributed by atoms with E-state index in [-0.39, 0.29) is 26.5 Å². The molecule has 1 aliphatic carbocycles. The highest BCUT2D eigenvalue weighted by atomic mass is 35.5. The van der Waals surface area contributed by atoms with E-state index in [0.29, 0.717) is 16.6 Å². The molecule has 2 N–H and O–H groups in total. The van der Waals surface area contributed by atoms with E-state index in [1.54, 1.807) is 17.5 Å². The van der Waals surface area contributed by atoms with Gasteiger partial charge >= 0.3 is 0 Å². The predicted molar refractivity (Wildman–Crippen MR) is 108 cm³/mol. The van der Waals surface area contributed by atoms with Crippen LogP contribution in [-0.2, 0) is 10.0 Å². The van der Waals surface area contributed by atoms with Crippen LogP contribution in [0.4, 0.5) is 5.13 Å². The molecule has 0 saturated heterocycles. The summed E-state index contributed by atoms with van der Waals surface area (Å²) in [6.07, 6.45) is 3.08. The van der Waals surface area contributed by atoms with Crippen molar-refractivity contribution in [2.45, 2.75) is 23.8 Å². The third kappa shape index (κ3) is 4.08. The summed E-state index contributed by atoms with van der Waals surface area (Å²) in [7, 11) is -3.84. The highest BCUT2D eigenvalue weighted by Crippen LogP contribution is 2.32. The number of anilines is 1. The van der Waals surface area contributed by atoms with Crippen LogP contribution in [0.15, 0.2) is 45.2 Å². The largest absolute Gasteiger partial charge is 0.463 e. The molecule has 7 nitrogen and oxygen atoms in total. The Labute approximate surface area is 174 Å². The first-order chi connectivity index (χ1) is 13.3. The van der Waals surface area contributed by atoms with Gasteiger partial charge in [0, 0.05) is 11.4 Å². The van der Waals surface area contributed by atoms with E-state index in [1.165, 1.54) is 29.7 Å². The third-order valence-corrected chi connectivity index (χ3v) is 7.01. The van der Waals surface area contributed by atoms with E-state index < -0.39 is 15.9 Å². The van der Waals surface area contributed by atoms with Crippen LogP contribution in [0.1, 0.15) is 23.2 Å². The number of thiazole rings is 1. The monoisotopic (exact) mass is 457 g/mol. The molecule has 0 atom stereocenters. The summed E-state index contributed by atoms with van der Waals surface area (Å²) in [5.41, 5.74) is 0.557.